The largest absolute Gasteiger partial charge is 0.352 e. The van der Waals surface area contributed by atoms with E-state index in [9.17, 15) is 14.4 Å². The molecule has 0 radical (unpaired) electrons. The lowest BCUT2D eigenvalue weighted by Gasteiger charge is -2.09. The topological polar surface area (TPSA) is 98.0 Å². The first-order valence-electron chi connectivity index (χ1n) is 9.53. The van der Waals surface area contributed by atoms with Crippen LogP contribution in [0, 0.1) is 0 Å². The normalized spacial score (nSPS) is 13.5. The van der Waals surface area contributed by atoms with Gasteiger partial charge in [-0.25, -0.2) is 9.48 Å². The second kappa shape index (κ2) is 9.05. The highest BCUT2D eigenvalue weighted by Crippen LogP contribution is 2.21. The Morgan fingerprint density at radius 3 is 2.82 bits per heavy atom. The van der Waals surface area contributed by atoms with E-state index in [-0.39, 0.29) is 29.1 Å². The van der Waals surface area contributed by atoms with Gasteiger partial charge in [-0.2, -0.15) is 5.10 Å². The number of nitrogens with zero attached hydrogens (tertiary/aromatic N) is 3. The zero-order valence-electron chi connectivity index (χ0n) is 15.8. The van der Waals surface area contributed by atoms with Crippen LogP contribution in [0.2, 0.25) is 5.02 Å². The summed E-state index contributed by atoms with van der Waals surface area (Å²) in [6.45, 7) is 3.00. The number of carbonyl (C=O) groups is 2. The zero-order valence-corrected chi connectivity index (χ0v) is 16.6. The minimum Gasteiger partial charge on any atom is -0.352 e. The fourth-order valence-corrected chi connectivity index (χ4v) is 3.44. The smallest absolute Gasteiger partial charge is 0.346 e. The molecule has 1 aliphatic heterocycles. The van der Waals surface area contributed by atoms with E-state index in [0.29, 0.717) is 24.3 Å². The van der Waals surface area contributed by atoms with E-state index in [4.69, 9.17) is 11.6 Å². The summed E-state index contributed by atoms with van der Waals surface area (Å²) in [5.41, 5.74) is 0.547. The van der Waals surface area contributed by atoms with Crippen molar-refractivity contribution in [3.8, 4) is 0 Å². The third-order valence-electron chi connectivity index (χ3n) is 4.61. The number of rotatable bonds is 6. The molecule has 0 bridgehead atoms. The van der Waals surface area contributed by atoms with Gasteiger partial charge in [0, 0.05) is 25.2 Å². The number of fused-ring (bicyclic) bond motifs is 1. The Hall–Kier alpha value is -2.61. The van der Waals surface area contributed by atoms with E-state index >= 15 is 0 Å². The number of aromatic nitrogens is 3. The van der Waals surface area contributed by atoms with Crippen LogP contribution in [0.1, 0.15) is 48.8 Å². The van der Waals surface area contributed by atoms with Crippen LogP contribution in [-0.2, 0) is 24.3 Å². The van der Waals surface area contributed by atoms with Crippen LogP contribution in [0.4, 0.5) is 5.69 Å². The lowest BCUT2D eigenvalue weighted by molar-refractivity contribution is -0.117. The van der Waals surface area contributed by atoms with Crippen molar-refractivity contribution in [2.45, 2.75) is 52.1 Å². The van der Waals surface area contributed by atoms with Gasteiger partial charge < -0.3 is 10.6 Å². The van der Waals surface area contributed by atoms with Crippen molar-refractivity contribution in [2.75, 3.05) is 11.9 Å². The van der Waals surface area contributed by atoms with Crippen LogP contribution in [-0.4, -0.2) is 32.7 Å². The maximum absolute atomic E-state index is 12.4. The van der Waals surface area contributed by atoms with Gasteiger partial charge in [-0.1, -0.05) is 24.9 Å². The first kappa shape index (κ1) is 20.1. The monoisotopic (exact) mass is 405 g/mol. The molecule has 2 aromatic rings. The third-order valence-corrected chi connectivity index (χ3v) is 4.92. The average Bonchev–Trinajstić information content (AvgIpc) is 2.83. The molecule has 0 spiro atoms. The number of anilines is 1. The molecule has 8 nitrogen and oxygen atoms in total. The maximum atomic E-state index is 12.4. The van der Waals surface area contributed by atoms with E-state index in [1.54, 1.807) is 16.7 Å². The molecule has 2 amide bonds. The Bertz CT molecular complexity index is 934. The van der Waals surface area contributed by atoms with Gasteiger partial charge in [0.25, 0.3) is 5.91 Å². The van der Waals surface area contributed by atoms with Gasteiger partial charge in [0.05, 0.1) is 10.6 Å². The highest BCUT2D eigenvalue weighted by Gasteiger charge is 2.18. The summed E-state index contributed by atoms with van der Waals surface area (Å²) in [4.78, 5) is 36.8. The number of hydrogen-bond acceptors (Lipinski definition) is 4. The van der Waals surface area contributed by atoms with Crippen molar-refractivity contribution in [1.82, 2.24) is 19.7 Å². The van der Waals surface area contributed by atoms with Gasteiger partial charge in [-0.15, -0.1) is 0 Å². The summed E-state index contributed by atoms with van der Waals surface area (Å²) in [5.74, 6) is 0.103. The Morgan fingerprint density at radius 2 is 2.07 bits per heavy atom. The van der Waals surface area contributed by atoms with Crippen LogP contribution in [0.15, 0.2) is 23.0 Å². The molecule has 1 aromatic heterocycles. The Morgan fingerprint density at radius 1 is 1.25 bits per heavy atom. The standard InChI is InChI=1S/C19H24ClN5O3/c1-2-9-21-18(27)14-8-7-13(11-15(14)20)22-17(26)12-25-19(28)24-10-5-3-4-6-16(24)23-25/h7-8,11H,2-6,9-10,12H2,1H3,(H,21,27)(H,22,26). The highest BCUT2D eigenvalue weighted by atomic mass is 35.5. The van der Waals surface area contributed by atoms with Crippen LogP contribution < -0.4 is 16.3 Å². The maximum Gasteiger partial charge on any atom is 0.346 e. The molecule has 1 aromatic carbocycles. The van der Waals surface area contributed by atoms with Crippen molar-refractivity contribution in [2.24, 2.45) is 0 Å². The molecule has 150 valence electrons. The predicted octanol–water partition coefficient (Wildman–Crippen LogP) is 2.20. The predicted molar refractivity (Wildman–Crippen MR) is 107 cm³/mol. The van der Waals surface area contributed by atoms with E-state index in [0.717, 1.165) is 37.9 Å². The zero-order chi connectivity index (χ0) is 20.1. The summed E-state index contributed by atoms with van der Waals surface area (Å²) in [6.07, 6.45) is 4.60. The number of hydrogen-bond donors (Lipinski definition) is 2. The number of aryl methyl sites for hydroxylation is 1. The number of halogens is 1. The van der Waals surface area contributed by atoms with Crippen LogP contribution >= 0.6 is 11.6 Å². The number of benzene rings is 1. The SMILES string of the molecule is CCCNC(=O)c1ccc(NC(=O)Cn2nc3n(c2=O)CCCCC3)cc1Cl. The molecule has 0 atom stereocenters. The summed E-state index contributed by atoms with van der Waals surface area (Å²) in [5, 5.41) is 10.0. The molecule has 9 heteroatoms. The molecule has 2 N–H and O–H groups in total. The van der Waals surface area contributed by atoms with Gasteiger partial charge >= 0.3 is 5.69 Å². The first-order valence-corrected chi connectivity index (χ1v) is 9.91. The van der Waals surface area contributed by atoms with Gasteiger partial charge in [0.2, 0.25) is 5.91 Å². The fourth-order valence-electron chi connectivity index (χ4n) is 3.18. The van der Waals surface area contributed by atoms with E-state index < -0.39 is 0 Å². The summed E-state index contributed by atoms with van der Waals surface area (Å²) in [6, 6.07) is 4.69. The first-order chi connectivity index (χ1) is 13.5. The molecule has 0 aliphatic carbocycles. The lowest BCUT2D eigenvalue weighted by Crippen LogP contribution is -2.30. The van der Waals surface area contributed by atoms with Crippen LogP contribution in [0.3, 0.4) is 0 Å². The lowest BCUT2D eigenvalue weighted by atomic mass is 10.2. The Kier molecular flexibility index (Phi) is 6.51. The van der Waals surface area contributed by atoms with E-state index in [1.807, 2.05) is 6.92 Å². The molecule has 0 saturated heterocycles. The van der Waals surface area contributed by atoms with E-state index in [1.165, 1.54) is 10.7 Å². The van der Waals surface area contributed by atoms with Crippen molar-refractivity contribution in [1.29, 1.82) is 0 Å². The minimum atomic E-state index is -0.380. The molecule has 1 aliphatic rings. The Balaban J connectivity index is 1.66. The van der Waals surface area contributed by atoms with Gasteiger partial charge in [0.15, 0.2) is 0 Å². The molecule has 2 heterocycles. The van der Waals surface area contributed by atoms with Gasteiger partial charge in [-0.05, 0) is 37.5 Å². The quantitative estimate of drug-likeness (QED) is 0.769. The molecule has 3 rings (SSSR count). The van der Waals surface area contributed by atoms with Crippen molar-refractivity contribution >= 4 is 29.1 Å². The average molecular weight is 406 g/mol. The molecular weight excluding hydrogens is 382 g/mol. The molecule has 28 heavy (non-hydrogen) atoms. The second-order valence-electron chi connectivity index (χ2n) is 6.82. The summed E-state index contributed by atoms with van der Waals surface area (Å²) < 4.78 is 2.85. The van der Waals surface area contributed by atoms with Gasteiger partial charge in [-0.3, -0.25) is 14.2 Å². The van der Waals surface area contributed by atoms with Gasteiger partial charge in [0.1, 0.15) is 12.4 Å². The summed E-state index contributed by atoms with van der Waals surface area (Å²) in [7, 11) is 0. The second-order valence-corrected chi connectivity index (χ2v) is 7.22. The van der Waals surface area contributed by atoms with E-state index in [2.05, 4.69) is 15.7 Å². The molecule has 0 fully saturated rings. The minimum absolute atomic E-state index is 0.171. The Labute approximate surface area is 167 Å². The van der Waals surface area contributed by atoms with Crippen LogP contribution in [0.5, 0.6) is 0 Å². The van der Waals surface area contributed by atoms with Crippen molar-refractivity contribution in [3.63, 3.8) is 0 Å². The third kappa shape index (κ3) is 4.62. The van der Waals surface area contributed by atoms with Crippen LogP contribution in [0.25, 0.3) is 0 Å². The highest BCUT2D eigenvalue weighted by molar-refractivity contribution is 6.34. The number of carbonyl (C=O) groups excluding carboxylic acids is 2. The molecular formula is C19H24ClN5O3. The number of nitrogens with one attached hydrogen (secondary N) is 2. The summed E-state index contributed by atoms with van der Waals surface area (Å²) >= 11 is 6.17. The van der Waals surface area contributed by atoms with Crippen molar-refractivity contribution in [3.05, 3.63) is 45.1 Å². The van der Waals surface area contributed by atoms with Crippen molar-refractivity contribution < 1.29 is 9.59 Å². The molecule has 0 unspecified atom stereocenters. The fraction of sp³-hybridized carbons (Fsp3) is 0.474. The number of amides is 2. The molecule has 0 saturated carbocycles.